The van der Waals surface area contributed by atoms with Crippen LogP contribution in [-0.4, -0.2) is 45.3 Å². The zero-order valence-corrected chi connectivity index (χ0v) is 19.5. The Balaban J connectivity index is 0.00000312. The summed E-state index contributed by atoms with van der Waals surface area (Å²) in [5.74, 6) is 1.66. The second kappa shape index (κ2) is 16.3. The van der Waals surface area contributed by atoms with E-state index >= 15 is 0 Å². The van der Waals surface area contributed by atoms with Gasteiger partial charge in [-0.15, -0.1) is 0 Å². The molecule has 2 rings (SSSR count). The molecular weight excluding hydrogens is 363 g/mol. The molecule has 1 aromatic carbocycles. The van der Waals surface area contributed by atoms with E-state index in [9.17, 15) is 0 Å². The number of ether oxygens (including phenoxy) is 5. The quantitative estimate of drug-likeness (QED) is 0.359. The van der Waals surface area contributed by atoms with Crippen molar-refractivity contribution in [1.82, 2.24) is 0 Å². The van der Waals surface area contributed by atoms with Crippen LogP contribution in [0.3, 0.4) is 0 Å². The first kappa shape index (κ1) is 26.3. The van der Waals surface area contributed by atoms with Gasteiger partial charge < -0.3 is 29.2 Å². The van der Waals surface area contributed by atoms with E-state index in [1.807, 2.05) is 6.07 Å². The second-order valence-corrected chi connectivity index (χ2v) is 5.86. The summed E-state index contributed by atoms with van der Waals surface area (Å²) in [5, 5.41) is 0. The molecule has 0 amide bonds. The number of aryl methyl sites for hydroxylation is 1. The van der Waals surface area contributed by atoms with E-state index < -0.39 is 0 Å². The van der Waals surface area contributed by atoms with Crippen LogP contribution in [0, 0.1) is 0 Å². The van der Waals surface area contributed by atoms with Crippen molar-refractivity contribution in [2.75, 3.05) is 39.8 Å². The van der Waals surface area contributed by atoms with Crippen LogP contribution in [0.2, 0.25) is 0 Å². The number of rotatable bonds is 13. The number of hydrogen-bond acceptors (Lipinski definition) is 6. The zero-order chi connectivity index (χ0) is 17.0. The summed E-state index contributed by atoms with van der Waals surface area (Å²) in [6.45, 7) is 8.47. The molecule has 6 nitrogen and oxygen atoms in total. The predicted octanol–water partition coefficient (Wildman–Crippen LogP) is 0.545. The molecule has 0 spiro atoms. The molecule has 0 atom stereocenters. The van der Waals surface area contributed by atoms with Crippen molar-refractivity contribution < 1.29 is 80.5 Å². The van der Waals surface area contributed by atoms with Gasteiger partial charge in [0.1, 0.15) is 0 Å². The molecule has 0 aromatic heterocycles. The van der Waals surface area contributed by atoms with Crippen molar-refractivity contribution in [3.63, 3.8) is 0 Å². The number of benzene rings is 1. The van der Waals surface area contributed by atoms with Crippen molar-refractivity contribution in [2.45, 2.75) is 46.1 Å². The minimum absolute atomic E-state index is 0. The maximum absolute atomic E-state index is 5.75. The Hall–Kier alpha value is 0.296. The Labute approximate surface area is 199 Å². The fourth-order valence-corrected chi connectivity index (χ4v) is 2.53. The summed E-state index contributed by atoms with van der Waals surface area (Å²) >= 11 is 0. The molecule has 1 aromatic rings. The Bertz CT molecular complexity index is 483. The van der Waals surface area contributed by atoms with Gasteiger partial charge in [-0.3, -0.25) is 0 Å². The van der Waals surface area contributed by atoms with Crippen molar-refractivity contribution in [3.05, 3.63) is 23.3 Å². The smallest absolute Gasteiger partial charge is 0.870 e. The van der Waals surface area contributed by atoms with E-state index in [0.717, 1.165) is 43.8 Å². The summed E-state index contributed by atoms with van der Waals surface area (Å²) in [6.07, 6.45) is 4.38. The molecule has 0 fully saturated rings. The number of unbranched alkanes of at least 4 members (excludes halogenated alkanes) is 1. The fraction of sp³-hybridized carbons (Fsp3) is 0.684. The summed E-state index contributed by atoms with van der Waals surface area (Å²) in [6, 6.07) is 4.12. The van der Waals surface area contributed by atoms with E-state index in [1.165, 1.54) is 11.1 Å². The topological polar surface area (TPSA) is 76.2 Å². The van der Waals surface area contributed by atoms with Gasteiger partial charge in [-0.1, -0.05) is 26.7 Å². The van der Waals surface area contributed by atoms with Crippen molar-refractivity contribution in [2.24, 2.45) is 0 Å². The summed E-state index contributed by atoms with van der Waals surface area (Å²) in [7, 11) is 0. The molecule has 7 heteroatoms. The predicted molar refractivity (Wildman–Crippen MR) is 94.7 cm³/mol. The van der Waals surface area contributed by atoms with Crippen LogP contribution in [0.4, 0.5) is 0 Å². The molecular formula is C19H31KO6. The molecule has 0 unspecified atom stereocenters. The van der Waals surface area contributed by atoms with Crippen molar-refractivity contribution in [3.8, 4) is 11.5 Å². The van der Waals surface area contributed by atoms with Crippen molar-refractivity contribution >= 4 is 0 Å². The average Bonchev–Trinajstić information content (AvgIpc) is 3.04. The molecule has 0 bridgehead atoms. The third kappa shape index (κ3) is 9.48. The Morgan fingerprint density at radius 3 is 2.00 bits per heavy atom. The van der Waals surface area contributed by atoms with Crippen molar-refractivity contribution in [1.29, 1.82) is 0 Å². The van der Waals surface area contributed by atoms with Gasteiger partial charge in [0, 0.05) is 6.61 Å². The Morgan fingerprint density at radius 1 is 0.808 bits per heavy atom. The molecule has 1 N–H and O–H groups in total. The molecule has 1 aliphatic rings. The third-order valence-electron chi connectivity index (χ3n) is 3.86. The van der Waals surface area contributed by atoms with Gasteiger partial charge in [-0.05, 0) is 36.1 Å². The van der Waals surface area contributed by atoms with Crippen LogP contribution in [0.1, 0.15) is 44.2 Å². The van der Waals surface area contributed by atoms with Crippen LogP contribution >= 0.6 is 0 Å². The van der Waals surface area contributed by atoms with E-state index in [1.54, 1.807) is 0 Å². The first-order valence-corrected chi connectivity index (χ1v) is 8.99. The van der Waals surface area contributed by atoms with Gasteiger partial charge in [0.2, 0.25) is 6.79 Å². The van der Waals surface area contributed by atoms with E-state index in [4.69, 9.17) is 23.7 Å². The average molecular weight is 395 g/mol. The van der Waals surface area contributed by atoms with E-state index in [0.29, 0.717) is 39.8 Å². The fourth-order valence-electron chi connectivity index (χ4n) is 2.53. The normalized spacial score (nSPS) is 11.8. The van der Waals surface area contributed by atoms with Gasteiger partial charge in [-0.25, -0.2) is 0 Å². The van der Waals surface area contributed by atoms with E-state index in [-0.39, 0.29) is 56.9 Å². The molecule has 26 heavy (non-hydrogen) atoms. The standard InChI is InChI=1S/C19H30O5.K.H2O/c1-3-5-7-20-8-9-21-10-11-22-14-17-13-19-18(23-15-24-19)12-16(17)6-4-2;;/h12-13H,3-11,14-15H2,1-2H3;;1H2/q;+1;/p-1. The number of hydrogen-bond donors (Lipinski definition) is 0. The van der Waals surface area contributed by atoms with Crippen LogP contribution in [-0.2, 0) is 27.2 Å². The zero-order valence-electron chi connectivity index (χ0n) is 16.4. The molecule has 0 radical (unpaired) electrons. The molecule has 0 saturated carbocycles. The minimum Gasteiger partial charge on any atom is -0.870 e. The Kier molecular flexibility index (Phi) is 16.5. The maximum atomic E-state index is 5.75. The number of fused-ring (bicyclic) bond motifs is 1. The van der Waals surface area contributed by atoms with Gasteiger partial charge in [0.05, 0.1) is 33.0 Å². The molecule has 144 valence electrons. The van der Waals surface area contributed by atoms with Gasteiger partial charge in [-0.2, -0.15) is 0 Å². The maximum Gasteiger partial charge on any atom is 1.00 e. The Morgan fingerprint density at radius 2 is 1.38 bits per heavy atom. The van der Waals surface area contributed by atoms with Crippen LogP contribution in [0.5, 0.6) is 11.5 Å². The van der Waals surface area contributed by atoms with Gasteiger partial charge in [0.25, 0.3) is 0 Å². The monoisotopic (exact) mass is 394 g/mol. The third-order valence-corrected chi connectivity index (χ3v) is 3.86. The SMILES string of the molecule is CCCCOCCOCCOCc1cc2c(cc1CCC)OCO2.[K+].[OH-]. The van der Waals surface area contributed by atoms with Gasteiger partial charge in [0.15, 0.2) is 11.5 Å². The van der Waals surface area contributed by atoms with E-state index in [2.05, 4.69) is 19.9 Å². The summed E-state index contributed by atoms with van der Waals surface area (Å²) < 4.78 is 27.6. The minimum atomic E-state index is 0. The van der Waals surface area contributed by atoms with Crippen LogP contribution in [0.25, 0.3) is 0 Å². The summed E-state index contributed by atoms with van der Waals surface area (Å²) in [5.41, 5.74) is 2.44. The second-order valence-electron chi connectivity index (χ2n) is 5.86. The molecule has 1 aliphatic heterocycles. The molecule has 0 saturated heterocycles. The summed E-state index contributed by atoms with van der Waals surface area (Å²) in [4.78, 5) is 0. The van der Waals surface area contributed by atoms with Gasteiger partial charge >= 0.3 is 51.4 Å². The molecule has 0 aliphatic carbocycles. The first-order chi connectivity index (χ1) is 11.8. The van der Waals surface area contributed by atoms with Crippen LogP contribution < -0.4 is 60.9 Å². The largest absolute Gasteiger partial charge is 1.00 e. The molecule has 1 heterocycles. The first-order valence-electron chi connectivity index (χ1n) is 8.99. The van der Waals surface area contributed by atoms with Crippen LogP contribution in [0.15, 0.2) is 12.1 Å².